The van der Waals surface area contributed by atoms with E-state index in [-0.39, 0.29) is 18.1 Å². The van der Waals surface area contributed by atoms with E-state index < -0.39 is 0 Å². The minimum atomic E-state index is -0.0721. The Balaban J connectivity index is 1.52. The monoisotopic (exact) mass is 356 g/mol. The zero-order valence-electron chi connectivity index (χ0n) is 15.4. The van der Waals surface area contributed by atoms with Gasteiger partial charge in [0.1, 0.15) is 6.10 Å². The number of likely N-dealkylation sites (tertiary alicyclic amines) is 1. The minimum absolute atomic E-state index is 0.0277. The lowest BCUT2D eigenvalue weighted by Gasteiger charge is -2.32. The fourth-order valence-electron chi connectivity index (χ4n) is 3.09. The van der Waals surface area contributed by atoms with Crippen molar-refractivity contribution >= 4 is 11.7 Å². The molecule has 3 rings (SSSR count). The first-order chi connectivity index (χ1) is 12.5. The molecule has 7 heteroatoms. The van der Waals surface area contributed by atoms with Gasteiger partial charge in [0.15, 0.2) is 0 Å². The van der Waals surface area contributed by atoms with Crippen LogP contribution >= 0.6 is 0 Å². The summed E-state index contributed by atoms with van der Waals surface area (Å²) in [6.07, 6.45) is 3.15. The maximum atomic E-state index is 12.5. The molecule has 1 aliphatic rings. The summed E-state index contributed by atoms with van der Waals surface area (Å²) in [4.78, 5) is 22.4. The molecule has 1 saturated heterocycles. The summed E-state index contributed by atoms with van der Waals surface area (Å²) in [5, 5.41) is 2.98. The first kappa shape index (κ1) is 18.0. The third-order valence-corrected chi connectivity index (χ3v) is 4.28. The maximum absolute atomic E-state index is 12.5. The molecule has 0 unspecified atom stereocenters. The lowest BCUT2D eigenvalue weighted by molar-refractivity contribution is 0.110. The zero-order chi connectivity index (χ0) is 18.5. The number of urea groups is 1. The Morgan fingerprint density at radius 1 is 1.19 bits per heavy atom. The second kappa shape index (κ2) is 8.03. The van der Waals surface area contributed by atoms with Crippen molar-refractivity contribution in [3.8, 4) is 11.9 Å². The van der Waals surface area contributed by atoms with Crippen LogP contribution in [0.25, 0.3) is 0 Å². The van der Waals surface area contributed by atoms with Crippen LogP contribution in [-0.4, -0.2) is 47.2 Å². The molecule has 0 atom stereocenters. The van der Waals surface area contributed by atoms with Crippen LogP contribution in [0, 0.1) is 13.8 Å². The van der Waals surface area contributed by atoms with Gasteiger partial charge in [-0.25, -0.2) is 9.78 Å². The highest BCUT2D eigenvalue weighted by Crippen LogP contribution is 2.20. The summed E-state index contributed by atoms with van der Waals surface area (Å²) in [7, 11) is 1.52. The third kappa shape index (κ3) is 4.62. The molecule has 1 aliphatic heterocycles. The van der Waals surface area contributed by atoms with Crippen molar-refractivity contribution in [2.24, 2.45) is 0 Å². The van der Waals surface area contributed by atoms with Crippen molar-refractivity contribution in [3.05, 3.63) is 41.6 Å². The number of hydrogen-bond acceptors (Lipinski definition) is 5. The van der Waals surface area contributed by atoms with Crippen LogP contribution in [-0.2, 0) is 0 Å². The number of nitrogens with zero attached hydrogens (tertiary/aromatic N) is 3. The van der Waals surface area contributed by atoms with E-state index in [1.54, 1.807) is 12.3 Å². The lowest BCUT2D eigenvalue weighted by Crippen LogP contribution is -2.43. The third-order valence-electron chi connectivity index (χ3n) is 4.28. The first-order valence-electron chi connectivity index (χ1n) is 8.71. The first-order valence-corrected chi connectivity index (χ1v) is 8.71. The molecule has 7 nitrogen and oxygen atoms in total. The normalized spacial score (nSPS) is 14.8. The van der Waals surface area contributed by atoms with Gasteiger partial charge in [0, 0.05) is 43.9 Å². The fraction of sp³-hybridized carbons (Fsp3) is 0.421. The second-order valence-electron chi connectivity index (χ2n) is 6.49. The molecule has 1 fully saturated rings. The van der Waals surface area contributed by atoms with E-state index >= 15 is 0 Å². The molecule has 0 saturated carbocycles. The number of carbonyl (C=O) groups is 1. The van der Waals surface area contributed by atoms with E-state index in [9.17, 15) is 4.79 Å². The van der Waals surface area contributed by atoms with Crippen LogP contribution in [0.15, 0.2) is 30.5 Å². The molecule has 0 spiro atoms. The summed E-state index contributed by atoms with van der Waals surface area (Å²) in [6.45, 7) is 5.33. The molecule has 1 aromatic carbocycles. The number of aryl methyl sites for hydroxylation is 2. The number of benzene rings is 1. The number of methoxy groups -OCH3 is 1. The van der Waals surface area contributed by atoms with E-state index in [4.69, 9.17) is 9.47 Å². The number of amides is 2. The van der Waals surface area contributed by atoms with Crippen molar-refractivity contribution in [1.82, 2.24) is 14.9 Å². The number of piperidine rings is 1. The Morgan fingerprint density at radius 3 is 2.54 bits per heavy atom. The second-order valence-corrected chi connectivity index (χ2v) is 6.49. The highest BCUT2D eigenvalue weighted by Gasteiger charge is 2.24. The fourth-order valence-corrected chi connectivity index (χ4v) is 3.09. The predicted molar refractivity (Wildman–Crippen MR) is 98.7 cm³/mol. The topological polar surface area (TPSA) is 76.6 Å². The van der Waals surface area contributed by atoms with E-state index in [1.807, 2.05) is 30.9 Å². The van der Waals surface area contributed by atoms with Crippen LogP contribution in [0.2, 0.25) is 0 Å². The Hall–Kier alpha value is -2.83. The molecule has 0 radical (unpaired) electrons. The van der Waals surface area contributed by atoms with Crippen molar-refractivity contribution in [1.29, 1.82) is 0 Å². The SMILES string of the molecule is COc1nccc(OC2CCN(C(=O)Nc3cc(C)cc(C)c3)CC2)n1. The molecule has 138 valence electrons. The quantitative estimate of drug-likeness (QED) is 0.910. The van der Waals surface area contributed by atoms with Crippen molar-refractivity contribution in [3.63, 3.8) is 0 Å². The van der Waals surface area contributed by atoms with Crippen molar-refractivity contribution in [2.45, 2.75) is 32.8 Å². The van der Waals surface area contributed by atoms with Crippen LogP contribution in [0.3, 0.4) is 0 Å². The van der Waals surface area contributed by atoms with Crippen molar-refractivity contribution in [2.75, 3.05) is 25.5 Å². The van der Waals surface area contributed by atoms with Gasteiger partial charge >= 0.3 is 12.0 Å². The number of ether oxygens (including phenoxy) is 2. The van der Waals surface area contributed by atoms with Crippen LogP contribution in [0.4, 0.5) is 10.5 Å². The molecule has 26 heavy (non-hydrogen) atoms. The van der Waals surface area contributed by atoms with Gasteiger partial charge in [0.25, 0.3) is 0 Å². The summed E-state index contributed by atoms with van der Waals surface area (Å²) in [5.41, 5.74) is 3.10. The Bertz CT molecular complexity index is 753. The van der Waals surface area contributed by atoms with E-state index in [0.29, 0.717) is 19.0 Å². The summed E-state index contributed by atoms with van der Waals surface area (Å²) < 4.78 is 10.9. The number of aromatic nitrogens is 2. The Labute approximate surface area is 153 Å². The van der Waals surface area contributed by atoms with Crippen LogP contribution < -0.4 is 14.8 Å². The van der Waals surface area contributed by atoms with Gasteiger partial charge in [0.2, 0.25) is 5.88 Å². The lowest BCUT2D eigenvalue weighted by atomic mass is 10.1. The van der Waals surface area contributed by atoms with Gasteiger partial charge in [-0.2, -0.15) is 4.98 Å². The van der Waals surface area contributed by atoms with Crippen molar-refractivity contribution < 1.29 is 14.3 Å². The number of rotatable bonds is 4. The van der Waals surface area contributed by atoms with E-state index in [1.165, 1.54) is 7.11 Å². The Kier molecular flexibility index (Phi) is 5.55. The molecule has 0 aliphatic carbocycles. The molecule has 1 aromatic heterocycles. The zero-order valence-corrected chi connectivity index (χ0v) is 15.4. The van der Waals surface area contributed by atoms with Gasteiger partial charge in [-0.3, -0.25) is 0 Å². The molecular weight excluding hydrogens is 332 g/mol. The molecule has 2 aromatic rings. The summed E-state index contributed by atoms with van der Waals surface area (Å²) in [5.74, 6) is 0.495. The number of nitrogens with one attached hydrogen (secondary N) is 1. The molecule has 2 heterocycles. The number of carbonyl (C=O) groups excluding carboxylic acids is 1. The van der Waals surface area contributed by atoms with E-state index in [2.05, 4.69) is 21.4 Å². The van der Waals surface area contributed by atoms with Gasteiger partial charge in [-0.15, -0.1) is 0 Å². The minimum Gasteiger partial charge on any atom is -0.474 e. The highest BCUT2D eigenvalue weighted by atomic mass is 16.5. The molecular formula is C19H24N4O3. The maximum Gasteiger partial charge on any atom is 0.321 e. The largest absolute Gasteiger partial charge is 0.474 e. The molecule has 0 bridgehead atoms. The van der Waals surface area contributed by atoms with Crippen LogP contribution in [0.1, 0.15) is 24.0 Å². The predicted octanol–water partition coefficient (Wildman–Crippen LogP) is 3.18. The standard InChI is InChI=1S/C19H24N4O3/c1-13-10-14(2)12-15(11-13)21-19(24)23-8-5-16(6-9-23)26-17-4-7-20-18(22-17)25-3/h4,7,10-12,16H,5-6,8-9H2,1-3H3,(H,21,24). The average molecular weight is 356 g/mol. The summed E-state index contributed by atoms with van der Waals surface area (Å²) in [6, 6.07) is 7.96. The van der Waals surface area contributed by atoms with Gasteiger partial charge in [-0.05, 0) is 37.1 Å². The average Bonchev–Trinajstić information content (AvgIpc) is 2.61. The summed E-state index contributed by atoms with van der Waals surface area (Å²) >= 11 is 0. The highest BCUT2D eigenvalue weighted by molar-refractivity contribution is 5.89. The Morgan fingerprint density at radius 2 is 1.88 bits per heavy atom. The van der Waals surface area contributed by atoms with E-state index in [0.717, 1.165) is 29.7 Å². The molecule has 1 N–H and O–H groups in total. The van der Waals surface area contributed by atoms with Gasteiger partial charge in [0.05, 0.1) is 7.11 Å². The number of hydrogen-bond donors (Lipinski definition) is 1. The molecule has 2 amide bonds. The number of anilines is 1. The van der Waals surface area contributed by atoms with Gasteiger partial charge in [-0.1, -0.05) is 6.07 Å². The smallest absolute Gasteiger partial charge is 0.321 e. The van der Waals surface area contributed by atoms with Gasteiger partial charge < -0.3 is 19.7 Å². The van der Waals surface area contributed by atoms with Crippen LogP contribution in [0.5, 0.6) is 11.9 Å².